The molecule has 0 saturated carbocycles. The molecule has 1 aromatic carbocycles. The number of hydrogen-bond acceptors (Lipinski definition) is 3. The smallest absolute Gasteiger partial charge is 0.226 e. The fourth-order valence-corrected chi connectivity index (χ4v) is 4.42. The summed E-state index contributed by atoms with van der Waals surface area (Å²) in [5.74, 6) is 1.06. The number of rotatable bonds is 6. The molecule has 0 N–H and O–H groups in total. The minimum absolute atomic E-state index is 0.215. The number of carbonyl (C=O) groups is 1. The van der Waals surface area contributed by atoms with E-state index < -0.39 is 0 Å². The summed E-state index contributed by atoms with van der Waals surface area (Å²) in [7, 11) is 0. The minimum atomic E-state index is 0.215. The zero-order valence-corrected chi connectivity index (χ0v) is 16.7. The average Bonchev–Trinajstić information content (AvgIpc) is 2.70. The highest BCUT2D eigenvalue weighted by atomic mass is 16.2. The van der Waals surface area contributed by atoms with Crippen molar-refractivity contribution in [2.45, 2.75) is 39.7 Å². The fraction of sp³-hybridized carbons (Fsp3) is 0.478. The molecule has 1 aromatic heterocycles. The van der Waals surface area contributed by atoms with Crippen LogP contribution in [-0.4, -0.2) is 41.5 Å². The van der Waals surface area contributed by atoms with Crippen LogP contribution in [0.5, 0.6) is 0 Å². The number of hydrogen-bond donors (Lipinski definition) is 0. The van der Waals surface area contributed by atoms with E-state index in [9.17, 15) is 4.79 Å². The Morgan fingerprint density at radius 2 is 1.74 bits per heavy atom. The monoisotopic (exact) mass is 365 g/mol. The van der Waals surface area contributed by atoms with E-state index in [0.29, 0.717) is 18.3 Å². The molecule has 2 unspecified atom stereocenters. The summed E-state index contributed by atoms with van der Waals surface area (Å²) in [6, 6.07) is 16.5. The first-order chi connectivity index (χ1) is 13.1. The third-order valence-corrected chi connectivity index (χ3v) is 5.57. The number of anilines is 1. The molecule has 1 aliphatic heterocycles. The van der Waals surface area contributed by atoms with Crippen molar-refractivity contribution in [3.8, 4) is 0 Å². The van der Waals surface area contributed by atoms with E-state index in [1.54, 1.807) is 0 Å². The standard InChI is InChI=1S/C23H31N3O/c1-4-22(27)26(21-11-6-5-7-12-21)23-18(2)16-25(17-19(23)3)15-13-20-10-8-9-14-24-20/h5-12,14,18-19,23H,4,13,15-17H2,1-3H3. The molecule has 4 nitrogen and oxygen atoms in total. The van der Waals surface area contributed by atoms with Gasteiger partial charge in [-0.25, -0.2) is 0 Å². The number of para-hydroxylation sites is 1. The van der Waals surface area contributed by atoms with Crippen molar-refractivity contribution in [2.75, 3.05) is 24.5 Å². The quantitative estimate of drug-likeness (QED) is 0.776. The van der Waals surface area contributed by atoms with Crippen LogP contribution in [0.3, 0.4) is 0 Å². The molecular formula is C23H31N3O. The second kappa shape index (κ2) is 9.14. The number of piperidine rings is 1. The molecule has 1 amide bonds. The van der Waals surface area contributed by atoms with Gasteiger partial charge in [0, 0.05) is 56.1 Å². The molecule has 27 heavy (non-hydrogen) atoms. The lowest BCUT2D eigenvalue weighted by Crippen LogP contribution is -2.57. The van der Waals surface area contributed by atoms with Gasteiger partial charge < -0.3 is 9.80 Å². The van der Waals surface area contributed by atoms with Crippen molar-refractivity contribution >= 4 is 11.6 Å². The summed E-state index contributed by atoms with van der Waals surface area (Å²) in [6.45, 7) is 9.57. The fourth-order valence-electron chi connectivity index (χ4n) is 4.42. The Morgan fingerprint density at radius 3 is 2.33 bits per heavy atom. The molecule has 2 aromatic rings. The SMILES string of the molecule is CCC(=O)N(c1ccccc1)C1C(C)CN(CCc2ccccn2)CC1C. The number of carbonyl (C=O) groups excluding carboxylic acids is 1. The molecule has 144 valence electrons. The lowest BCUT2D eigenvalue weighted by molar-refractivity contribution is -0.119. The van der Waals surface area contributed by atoms with Crippen molar-refractivity contribution in [2.24, 2.45) is 11.8 Å². The maximum atomic E-state index is 12.8. The molecule has 0 spiro atoms. The third-order valence-electron chi connectivity index (χ3n) is 5.57. The Balaban J connectivity index is 1.70. The van der Waals surface area contributed by atoms with Crippen LogP contribution in [0, 0.1) is 11.8 Å². The third kappa shape index (κ3) is 4.75. The van der Waals surface area contributed by atoms with Crippen LogP contribution >= 0.6 is 0 Å². The normalized spacial score (nSPS) is 23.1. The van der Waals surface area contributed by atoms with Crippen LogP contribution in [0.25, 0.3) is 0 Å². The van der Waals surface area contributed by atoms with Gasteiger partial charge in [0.05, 0.1) is 0 Å². The summed E-state index contributed by atoms with van der Waals surface area (Å²) in [6.07, 6.45) is 3.37. The van der Waals surface area contributed by atoms with E-state index in [0.717, 1.165) is 37.4 Å². The number of aromatic nitrogens is 1. The summed E-state index contributed by atoms with van der Waals surface area (Å²) in [5.41, 5.74) is 2.17. The van der Waals surface area contributed by atoms with Gasteiger partial charge in [-0.2, -0.15) is 0 Å². The Bertz CT molecular complexity index is 707. The van der Waals surface area contributed by atoms with Crippen molar-refractivity contribution in [1.29, 1.82) is 0 Å². The van der Waals surface area contributed by atoms with E-state index in [1.165, 1.54) is 0 Å². The van der Waals surface area contributed by atoms with Gasteiger partial charge >= 0.3 is 0 Å². The predicted molar refractivity (Wildman–Crippen MR) is 111 cm³/mol. The van der Waals surface area contributed by atoms with Crippen LogP contribution in [-0.2, 0) is 11.2 Å². The molecule has 3 rings (SSSR count). The highest BCUT2D eigenvalue weighted by molar-refractivity contribution is 5.93. The first-order valence-electron chi connectivity index (χ1n) is 10.1. The number of pyridine rings is 1. The maximum absolute atomic E-state index is 12.8. The summed E-state index contributed by atoms with van der Waals surface area (Å²) in [4.78, 5) is 21.8. The van der Waals surface area contributed by atoms with Crippen molar-refractivity contribution in [3.63, 3.8) is 0 Å². The van der Waals surface area contributed by atoms with Gasteiger partial charge in [0.25, 0.3) is 0 Å². The number of amides is 1. The zero-order chi connectivity index (χ0) is 19.2. The van der Waals surface area contributed by atoms with Gasteiger partial charge in [-0.3, -0.25) is 9.78 Å². The Labute approximate surface area is 163 Å². The highest BCUT2D eigenvalue weighted by Gasteiger charge is 2.38. The Hall–Kier alpha value is -2.20. The van der Waals surface area contributed by atoms with Crippen LogP contribution in [0.2, 0.25) is 0 Å². The second-order valence-electron chi connectivity index (χ2n) is 7.73. The number of likely N-dealkylation sites (tertiary alicyclic amines) is 1. The van der Waals surface area contributed by atoms with Crippen LogP contribution in [0.1, 0.15) is 32.9 Å². The Morgan fingerprint density at radius 1 is 1.07 bits per heavy atom. The predicted octanol–water partition coefficient (Wildman–Crippen LogP) is 4.02. The molecule has 0 aliphatic carbocycles. The number of nitrogens with zero attached hydrogens (tertiary/aromatic N) is 3. The zero-order valence-electron chi connectivity index (χ0n) is 16.7. The van der Waals surface area contributed by atoms with Gasteiger partial charge in [0.2, 0.25) is 5.91 Å². The Kier molecular flexibility index (Phi) is 6.62. The average molecular weight is 366 g/mol. The lowest BCUT2D eigenvalue weighted by atomic mass is 9.83. The molecule has 2 heterocycles. The van der Waals surface area contributed by atoms with Gasteiger partial charge in [-0.1, -0.05) is 45.0 Å². The van der Waals surface area contributed by atoms with Crippen molar-refractivity contribution in [3.05, 3.63) is 60.4 Å². The molecule has 1 aliphatic rings. The molecule has 1 fully saturated rings. The molecule has 0 bridgehead atoms. The van der Waals surface area contributed by atoms with E-state index in [2.05, 4.69) is 46.8 Å². The first kappa shape index (κ1) is 19.6. The first-order valence-corrected chi connectivity index (χ1v) is 10.1. The largest absolute Gasteiger partial charge is 0.309 e. The van der Waals surface area contributed by atoms with Gasteiger partial charge in [-0.05, 0) is 36.1 Å². The molecule has 0 radical (unpaired) electrons. The molecule has 4 heteroatoms. The minimum Gasteiger partial charge on any atom is -0.309 e. The maximum Gasteiger partial charge on any atom is 0.226 e. The van der Waals surface area contributed by atoms with E-state index >= 15 is 0 Å². The van der Waals surface area contributed by atoms with Crippen LogP contribution in [0.4, 0.5) is 5.69 Å². The summed E-state index contributed by atoms with van der Waals surface area (Å²) < 4.78 is 0. The molecular weight excluding hydrogens is 334 g/mol. The van der Waals surface area contributed by atoms with Crippen molar-refractivity contribution in [1.82, 2.24) is 9.88 Å². The molecule has 2 atom stereocenters. The molecule has 1 saturated heterocycles. The van der Waals surface area contributed by atoms with E-state index in [-0.39, 0.29) is 11.9 Å². The summed E-state index contributed by atoms with van der Waals surface area (Å²) in [5, 5.41) is 0. The van der Waals surface area contributed by atoms with Crippen LogP contribution in [0.15, 0.2) is 54.7 Å². The van der Waals surface area contributed by atoms with Crippen LogP contribution < -0.4 is 4.90 Å². The van der Waals surface area contributed by atoms with Crippen molar-refractivity contribution < 1.29 is 4.79 Å². The lowest BCUT2D eigenvalue weighted by Gasteiger charge is -2.46. The van der Waals surface area contributed by atoms with E-state index in [1.807, 2.05) is 43.5 Å². The van der Waals surface area contributed by atoms with E-state index in [4.69, 9.17) is 0 Å². The topological polar surface area (TPSA) is 36.4 Å². The number of benzene rings is 1. The van der Waals surface area contributed by atoms with Gasteiger partial charge in [-0.15, -0.1) is 0 Å². The van der Waals surface area contributed by atoms with Gasteiger partial charge in [0.1, 0.15) is 0 Å². The summed E-state index contributed by atoms with van der Waals surface area (Å²) >= 11 is 0. The second-order valence-corrected chi connectivity index (χ2v) is 7.73. The van der Waals surface area contributed by atoms with Gasteiger partial charge in [0.15, 0.2) is 0 Å². The highest BCUT2D eigenvalue weighted by Crippen LogP contribution is 2.31.